The quantitative estimate of drug-likeness (QED) is 0.539. The highest BCUT2D eigenvalue weighted by atomic mass is 19.4. The Morgan fingerprint density at radius 2 is 1.61 bits per heavy atom. The number of nitrogens with zero attached hydrogens (tertiary/aromatic N) is 5. The zero-order valence-corrected chi connectivity index (χ0v) is 14.0. The Morgan fingerprint density at radius 3 is 2.25 bits per heavy atom. The largest absolute Gasteiger partial charge is 0.573 e. The molecule has 28 heavy (non-hydrogen) atoms. The van der Waals surface area contributed by atoms with E-state index in [9.17, 15) is 18.0 Å². The van der Waals surface area contributed by atoms with Crippen molar-refractivity contribution < 1.29 is 17.9 Å². The molecule has 10 heteroatoms. The van der Waals surface area contributed by atoms with E-state index in [1.165, 1.54) is 47.7 Å². The molecule has 0 amide bonds. The lowest BCUT2D eigenvalue weighted by atomic mass is 10.1. The van der Waals surface area contributed by atoms with E-state index in [0.717, 1.165) is 12.1 Å². The topological polar surface area (TPSA) is 82.8 Å². The molecule has 0 saturated carbocycles. The van der Waals surface area contributed by atoms with Crippen molar-refractivity contribution in [2.24, 2.45) is 0 Å². The van der Waals surface area contributed by atoms with Gasteiger partial charge in [0.05, 0.1) is 12.4 Å². The summed E-state index contributed by atoms with van der Waals surface area (Å²) in [5.74, 6) is -0.386. The monoisotopic (exact) mass is 385 g/mol. The SMILES string of the molecule is O=c1c2nccnc2c(-c2ccnnc2)cn1-c1ccc(OC(F)(F)F)cc1. The van der Waals surface area contributed by atoms with Crippen LogP contribution < -0.4 is 10.3 Å². The van der Waals surface area contributed by atoms with E-state index in [-0.39, 0.29) is 11.3 Å². The van der Waals surface area contributed by atoms with Gasteiger partial charge in [0.15, 0.2) is 5.52 Å². The van der Waals surface area contributed by atoms with Crippen molar-refractivity contribution >= 4 is 11.0 Å². The first-order valence-electron chi connectivity index (χ1n) is 7.92. The fourth-order valence-electron chi connectivity index (χ4n) is 2.72. The first-order valence-corrected chi connectivity index (χ1v) is 7.92. The van der Waals surface area contributed by atoms with Crippen LogP contribution in [0, 0.1) is 0 Å². The van der Waals surface area contributed by atoms with Crippen molar-refractivity contribution in [3.63, 3.8) is 0 Å². The molecule has 4 aromatic rings. The second kappa shape index (κ2) is 6.72. The second-order valence-electron chi connectivity index (χ2n) is 5.64. The zero-order valence-electron chi connectivity index (χ0n) is 14.0. The van der Waals surface area contributed by atoms with Crippen LogP contribution in [-0.4, -0.2) is 31.1 Å². The van der Waals surface area contributed by atoms with Gasteiger partial charge in [0.2, 0.25) is 0 Å². The Morgan fingerprint density at radius 1 is 0.893 bits per heavy atom. The molecule has 0 N–H and O–H groups in total. The van der Waals surface area contributed by atoms with E-state index >= 15 is 0 Å². The highest BCUT2D eigenvalue weighted by Gasteiger charge is 2.31. The first-order chi connectivity index (χ1) is 13.4. The smallest absolute Gasteiger partial charge is 0.406 e. The first kappa shape index (κ1) is 17.6. The summed E-state index contributed by atoms with van der Waals surface area (Å²) in [5.41, 5.74) is 1.62. The van der Waals surface area contributed by atoms with E-state index in [1.54, 1.807) is 6.07 Å². The number of ether oxygens (including phenoxy) is 1. The van der Waals surface area contributed by atoms with E-state index in [0.29, 0.717) is 22.3 Å². The number of aromatic nitrogens is 5. The minimum absolute atomic E-state index is 0.118. The number of halogens is 3. The lowest BCUT2D eigenvalue weighted by molar-refractivity contribution is -0.274. The maximum absolute atomic E-state index is 12.8. The fourth-order valence-corrected chi connectivity index (χ4v) is 2.72. The molecule has 0 fully saturated rings. The van der Waals surface area contributed by atoms with Crippen molar-refractivity contribution in [3.8, 4) is 22.6 Å². The summed E-state index contributed by atoms with van der Waals surface area (Å²) in [4.78, 5) is 21.2. The Labute approximate surface area is 155 Å². The molecule has 3 aromatic heterocycles. The van der Waals surface area contributed by atoms with Crippen LogP contribution in [0.5, 0.6) is 5.75 Å². The third-order valence-electron chi connectivity index (χ3n) is 3.88. The standard InChI is InChI=1S/C18H10F3N5O2/c19-18(20,21)28-13-3-1-12(2-4-13)26-10-14(11-5-6-24-25-9-11)15-16(17(26)27)23-8-7-22-15/h1-10H. The Kier molecular flexibility index (Phi) is 4.22. The molecular weight excluding hydrogens is 375 g/mol. The molecule has 7 nitrogen and oxygen atoms in total. The fraction of sp³-hybridized carbons (Fsp3) is 0.0556. The molecule has 0 unspecified atom stereocenters. The molecule has 3 heterocycles. The average Bonchev–Trinajstić information content (AvgIpc) is 2.69. The predicted molar refractivity (Wildman–Crippen MR) is 92.8 cm³/mol. The molecule has 0 aliphatic carbocycles. The lowest BCUT2D eigenvalue weighted by Gasteiger charge is -2.12. The van der Waals surface area contributed by atoms with Gasteiger partial charge < -0.3 is 4.74 Å². The van der Waals surface area contributed by atoms with Gasteiger partial charge in [-0.1, -0.05) is 0 Å². The van der Waals surface area contributed by atoms with Crippen LogP contribution in [0.1, 0.15) is 0 Å². The van der Waals surface area contributed by atoms with E-state index in [1.807, 2.05) is 0 Å². The van der Waals surface area contributed by atoms with E-state index in [4.69, 9.17) is 0 Å². The summed E-state index contributed by atoms with van der Waals surface area (Å²) in [6.45, 7) is 0. The highest BCUT2D eigenvalue weighted by Crippen LogP contribution is 2.26. The zero-order chi connectivity index (χ0) is 19.7. The summed E-state index contributed by atoms with van der Waals surface area (Å²) in [7, 11) is 0. The van der Waals surface area contributed by atoms with Gasteiger partial charge in [-0.05, 0) is 30.3 Å². The number of hydrogen-bond donors (Lipinski definition) is 0. The van der Waals surface area contributed by atoms with Crippen molar-refractivity contribution in [2.75, 3.05) is 0 Å². The molecule has 0 aliphatic rings. The predicted octanol–water partition coefficient (Wildman–Crippen LogP) is 3.14. The third kappa shape index (κ3) is 3.39. The van der Waals surface area contributed by atoms with Gasteiger partial charge in [-0.3, -0.25) is 14.3 Å². The molecule has 0 saturated heterocycles. The molecule has 0 atom stereocenters. The molecule has 0 spiro atoms. The number of alkyl halides is 3. The molecular formula is C18H10F3N5O2. The normalized spacial score (nSPS) is 11.5. The molecule has 0 bridgehead atoms. The lowest BCUT2D eigenvalue weighted by Crippen LogP contribution is -2.20. The molecule has 4 rings (SSSR count). The van der Waals surface area contributed by atoms with Crippen LogP contribution in [0.2, 0.25) is 0 Å². The number of rotatable bonds is 3. The van der Waals surface area contributed by atoms with Crippen LogP contribution >= 0.6 is 0 Å². The van der Waals surface area contributed by atoms with Crippen LogP contribution in [-0.2, 0) is 0 Å². The van der Waals surface area contributed by atoms with Gasteiger partial charge in [0, 0.05) is 35.4 Å². The van der Waals surface area contributed by atoms with Crippen molar-refractivity contribution in [2.45, 2.75) is 6.36 Å². The molecule has 140 valence electrons. The van der Waals surface area contributed by atoms with Crippen LogP contribution in [0.4, 0.5) is 13.2 Å². The van der Waals surface area contributed by atoms with Crippen LogP contribution in [0.25, 0.3) is 27.8 Å². The van der Waals surface area contributed by atoms with Gasteiger partial charge in [-0.2, -0.15) is 10.2 Å². The average molecular weight is 385 g/mol. The summed E-state index contributed by atoms with van der Waals surface area (Å²) < 4.78 is 42.2. The Hall–Kier alpha value is -3.82. The van der Waals surface area contributed by atoms with E-state index < -0.39 is 11.9 Å². The van der Waals surface area contributed by atoms with Gasteiger partial charge >= 0.3 is 6.36 Å². The second-order valence-corrected chi connectivity index (χ2v) is 5.64. The van der Waals surface area contributed by atoms with Crippen molar-refractivity contribution in [1.29, 1.82) is 0 Å². The van der Waals surface area contributed by atoms with E-state index in [2.05, 4.69) is 24.9 Å². The third-order valence-corrected chi connectivity index (χ3v) is 3.88. The molecule has 0 radical (unpaired) electrons. The maximum Gasteiger partial charge on any atom is 0.573 e. The van der Waals surface area contributed by atoms with Gasteiger partial charge in [-0.25, -0.2) is 4.98 Å². The number of hydrogen-bond acceptors (Lipinski definition) is 6. The van der Waals surface area contributed by atoms with Gasteiger partial charge in [0.25, 0.3) is 5.56 Å². The molecule has 1 aromatic carbocycles. The van der Waals surface area contributed by atoms with Crippen LogP contribution in [0.3, 0.4) is 0 Å². The van der Waals surface area contributed by atoms with Gasteiger partial charge in [0.1, 0.15) is 11.3 Å². The highest BCUT2D eigenvalue weighted by molar-refractivity contribution is 5.90. The minimum atomic E-state index is -4.79. The van der Waals surface area contributed by atoms with Crippen molar-refractivity contribution in [3.05, 3.63) is 71.7 Å². The number of fused-ring (bicyclic) bond motifs is 1. The summed E-state index contributed by atoms with van der Waals surface area (Å²) in [6.07, 6.45) is 2.61. The number of benzene rings is 1. The summed E-state index contributed by atoms with van der Waals surface area (Å²) in [6, 6.07) is 6.65. The summed E-state index contributed by atoms with van der Waals surface area (Å²) >= 11 is 0. The van der Waals surface area contributed by atoms with Gasteiger partial charge in [-0.15, -0.1) is 13.2 Å². The summed E-state index contributed by atoms with van der Waals surface area (Å²) in [5, 5.41) is 7.56. The number of pyridine rings is 1. The van der Waals surface area contributed by atoms with Crippen molar-refractivity contribution in [1.82, 2.24) is 24.7 Å². The Bertz CT molecular complexity index is 1190. The Balaban J connectivity index is 1.88. The maximum atomic E-state index is 12.8. The molecule has 0 aliphatic heterocycles. The minimum Gasteiger partial charge on any atom is -0.406 e. The van der Waals surface area contributed by atoms with Crippen LogP contribution in [0.15, 0.2) is 66.1 Å².